The lowest BCUT2D eigenvalue weighted by Crippen LogP contribution is -2.28. The van der Waals surface area contributed by atoms with Crippen molar-refractivity contribution in [3.63, 3.8) is 0 Å². The summed E-state index contributed by atoms with van der Waals surface area (Å²) in [4.78, 5) is 15.4. The third-order valence-corrected chi connectivity index (χ3v) is 2.88. The van der Waals surface area contributed by atoms with E-state index in [1.807, 2.05) is 27.2 Å². The van der Waals surface area contributed by atoms with Gasteiger partial charge in [0, 0.05) is 19.6 Å². The lowest BCUT2D eigenvalue weighted by Gasteiger charge is -2.19. The van der Waals surface area contributed by atoms with Crippen molar-refractivity contribution in [3.05, 3.63) is 29.3 Å². The number of hydrogen-bond acceptors (Lipinski definition) is 4. The number of likely N-dealkylation sites (N-methyl/N-ethyl adjacent to an activating group) is 2. The minimum atomic E-state index is -0.963. The number of ether oxygens (including phenoxy) is 1. The topological polar surface area (TPSA) is 53.0 Å². The first-order chi connectivity index (χ1) is 8.93. The van der Waals surface area contributed by atoms with Crippen molar-refractivity contribution in [2.45, 2.75) is 6.54 Å². The molecule has 0 aliphatic heterocycles. The van der Waals surface area contributed by atoms with Crippen molar-refractivity contribution < 1.29 is 14.6 Å². The number of rotatable bonds is 7. The zero-order chi connectivity index (χ0) is 14.4. The Morgan fingerprint density at radius 2 is 1.95 bits per heavy atom. The molecule has 1 aromatic carbocycles. The molecular weight excluding hydrogens is 244 g/mol. The van der Waals surface area contributed by atoms with E-state index in [9.17, 15) is 4.79 Å². The zero-order valence-electron chi connectivity index (χ0n) is 12.0. The Morgan fingerprint density at radius 1 is 1.26 bits per heavy atom. The number of carboxylic acids is 1. The first-order valence-electron chi connectivity index (χ1n) is 6.17. The second-order valence-corrected chi connectivity index (χ2v) is 4.88. The van der Waals surface area contributed by atoms with Gasteiger partial charge in [-0.05, 0) is 38.8 Å². The van der Waals surface area contributed by atoms with Crippen LogP contribution in [-0.4, -0.2) is 62.2 Å². The Bertz CT molecular complexity index is 433. The van der Waals surface area contributed by atoms with Gasteiger partial charge in [-0.25, -0.2) is 4.79 Å². The molecule has 0 heterocycles. The van der Waals surface area contributed by atoms with E-state index in [0.717, 1.165) is 25.2 Å². The van der Waals surface area contributed by atoms with Crippen LogP contribution in [0.4, 0.5) is 0 Å². The molecule has 5 heteroatoms. The summed E-state index contributed by atoms with van der Waals surface area (Å²) in [5, 5.41) is 9.13. The molecule has 0 saturated heterocycles. The van der Waals surface area contributed by atoms with Gasteiger partial charge in [0.25, 0.3) is 0 Å². The quantitative estimate of drug-likeness (QED) is 0.808. The van der Waals surface area contributed by atoms with Gasteiger partial charge < -0.3 is 19.6 Å². The number of hydrogen-bond donors (Lipinski definition) is 1. The molecule has 0 aromatic heterocycles. The van der Waals surface area contributed by atoms with Crippen molar-refractivity contribution in [2.24, 2.45) is 0 Å². The first-order valence-corrected chi connectivity index (χ1v) is 6.17. The van der Waals surface area contributed by atoms with Gasteiger partial charge in [0.2, 0.25) is 0 Å². The number of aromatic carboxylic acids is 1. The number of methoxy groups -OCH3 is 1. The van der Waals surface area contributed by atoms with Crippen LogP contribution in [-0.2, 0) is 6.54 Å². The number of nitrogens with zero attached hydrogens (tertiary/aromatic N) is 2. The van der Waals surface area contributed by atoms with Gasteiger partial charge >= 0.3 is 5.97 Å². The molecule has 1 rings (SSSR count). The van der Waals surface area contributed by atoms with Gasteiger partial charge in [0.15, 0.2) is 0 Å². The summed E-state index contributed by atoms with van der Waals surface area (Å²) in [7, 11) is 7.56. The van der Waals surface area contributed by atoms with Gasteiger partial charge in [-0.1, -0.05) is 6.07 Å². The molecule has 0 radical (unpaired) electrons. The second kappa shape index (κ2) is 7.11. The van der Waals surface area contributed by atoms with E-state index >= 15 is 0 Å². The van der Waals surface area contributed by atoms with Crippen LogP contribution in [0.25, 0.3) is 0 Å². The summed E-state index contributed by atoms with van der Waals surface area (Å²) >= 11 is 0. The zero-order valence-corrected chi connectivity index (χ0v) is 12.0. The van der Waals surface area contributed by atoms with E-state index in [1.165, 1.54) is 7.11 Å². The SMILES string of the molecule is COc1ccc(CN(C)CCN(C)C)cc1C(=O)O. The van der Waals surface area contributed by atoms with Crippen molar-refractivity contribution >= 4 is 5.97 Å². The van der Waals surface area contributed by atoms with Gasteiger partial charge in [0.05, 0.1) is 7.11 Å². The minimum Gasteiger partial charge on any atom is -0.496 e. The van der Waals surface area contributed by atoms with Crippen molar-refractivity contribution in [1.82, 2.24) is 9.80 Å². The van der Waals surface area contributed by atoms with E-state index < -0.39 is 5.97 Å². The van der Waals surface area contributed by atoms with E-state index in [4.69, 9.17) is 9.84 Å². The van der Waals surface area contributed by atoms with Gasteiger partial charge in [-0.3, -0.25) is 0 Å². The van der Waals surface area contributed by atoms with Crippen LogP contribution in [0, 0.1) is 0 Å². The van der Waals surface area contributed by atoms with Crippen LogP contribution >= 0.6 is 0 Å². The van der Waals surface area contributed by atoms with Crippen LogP contribution in [0.1, 0.15) is 15.9 Å². The fourth-order valence-electron chi connectivity index (χ4n) is 1.78. The normalized spacial score (nSPS) is 11.1. The Balaban J connectivity index is 2.74. The molecule has 0 aliphatic carbocycles. The van der Waals surface area contributed by atoms with Crippen LogP contribution in [0.15, 0.2) is 18.2 Å². The summed E-state index contributed by atoms with van der Waals surface area (Å²) in [5.41, 5.74) is 1.18. The molecule has 19 heavy (non-hydrogen) atoms. The Kier molecular flexibility index (Phi) is 5.79. The van der Waals surface area contributed by atoms with Gasteiger partial charge in [0.1, 0.15) is 11.3 Å². The van der Waals surface area contributed by atoms with E-state index in [1.54, 1.807) is 12.1 Å². The fraction of sp³-hybridized carbons (Fsp3) is 0.500. The van der Waals surface area contributed by atoms with Crippen molar-refractivity contribution in [3.8, 4) is 5.75 Å². The van der Waals surface area contributed by atoms with E-state index in [0.29, 0.717) is 5.75 Å². The molecule has 1 aromatic rings. The third-order valence-electron chi connectivity index (χ3n) is 2.88. The third kappa shape index (κ3) is 4.89. The molecule has 1 N–H and O–H groups in total. The predicted molar refractivity (Wildman–Crippen MR) is 74.8 cm³/mol. The Labute approximate surface area is 114 Å². The largest absolute Gasteiger partial charge is 0.496 e. The summed E-state index contributed by atoms with van der Waals surface area (Å²) in [6, 6.07) is 5.28. The maximum absolute atomic E-state index is 11.1. The number of carbonyl (C=O) groups is 1. The first kappa shape index (κ1) is 15.5. The summed E-state index contributed by atoms with van der Waals surface area (Å²) in [5.74, 6) is -0.568. The van der Waals surface area contributed by atoms with Crippen LogP contribution in [0.5, 0.6) is 5.75 Å². The molecule has 0 amide bonds. The van der Waals surface area contributed by atoms with Crippen LogP contribution in [0.3, 0.4) is 0 Å². The average Bonchev–Trinajstić information content (AvgIpc) is 2.36. The van der Waals surface area contributed by atoms with Crippen molar-refractivity contribution in [2.75, 3.05) is 41.3 Å². The molecule has 0 unspecified atom stereocenters. The monoisotopic (exact) mass is 266 g/mol. The molecular formula is C14H22N2O3. The highest BCUT2D eigenvalue weighted by Crippen LogP contribution is 2.20. The summed E-state index contributed by atoms with van der Waals surface area (Å²) in [6.07, 6.45) is 0. The van der Waals surface area contributed by atoms with Gasteiger partial charge in [-0.2, -0.15) is 0 Å². The molecule has 0 fully saturated rings. The van der Waals surface area contributed by atoms with Gasteiger partial charge in [-0.15, -0.1) is 0 Å². The average molecular weight is 266 g/mol. The van der Waals surface area contributed by atoms with Crippen LogP contribution in [0.2, 0.25) is 0 Å². The molecule has 106 valence electrons. The highest BCUT2D eigenvalue weighted by Gasteiger charge is 2.12. The second-order valence-electron chi connectivity index (χ2n) is 4.88. The van der Waals surface area contributed by atoms with Crippen molar-refractivity contribution in [1.29, 1.82) is 0 Å². The molecule has 5 nitrogen and oxygen atoms in total. The summed E-state index contributed by atoms with van der Waals surface area (Å²) < 4.78 is 5.04. The Hall–Kier alpha value is -1.59. The summed E-state index contributed by atoms with van der Waals surface area (Å²) in [6.45, 7) is 2.62. The number of benzene rings is 1. The smallest absolute Gasteiger partial charge is 0.339 e. The minimum absolute atomic E-state index is 0.209. The van der Waals surface area contributed by atoms with E-state index in [-0.39, 0.29) is 5.56 Å². The standard InChI is InChI=1S/C14H22N2O3/c1-15(2)7-8-16(3)10-11-5-6-13(19-4)12(9-11)14(17)18/h5-6,9H,7-8,10H2,1-4H3,(H,17,18). The fourth-order valence-corrected chi connectivity index (χ4v) is 1.78. The maximum Gasteiger partial charge on any atom is 0.339 e. The highest BCUT2D eigenvalue weighted by molar-refractivity contribution is 5.91. The predicted octanol–water partition coefficient (Wildman–Crippen LogP) is 1.39. The molecule has 0 spiro atoms. The lowest BCUT2D eigenvalue weighted by atomic mass is 10.1. The van der Waals surface area contributed by atoms with Crippen LogP contribution < -0.4 is 4.74 Å². The molecule has 0 aliphatic rings. The van der Waals surface area contributed by atoms with E-state index in [2.05, 4.69) is 9.80 Å². The molecule has 0 bridgehead atoms. The molecule has 0 atom stereocenters. The Morgan fingerprint density at radius 3 is 2.47 bits per heavy atom. The highest BCUT2D eigenvalue weighted by atomic mass is 16.5. The lowest BCUT2D eigenvalue weighted by molar-refractivity contribution is 0.0693. The maximum atomic E-state index is 11.1. The molecule has 0 saturated carbocycles. The number of carboxylic acid groups (broad SMARTS) is 1.